The van der Waals surface area contributed by atoms with Crippen molar-refractivity contribution in [1.29, 1.82) is 0 Å². The fraction of sp³-hybridized carbons (Fsp3) is 0.727. The molecule has 32 heavy (non-hydrogen) atoms. The number of alkyl halides is 3. The number of furan rings is 1. The third-order valence-corrected chi connectivity index (χ3v) is 6.38. The predicted octanol–water partition coefficient (Wildman–Crippen LogP) is 3.46. The second-order valence-electron chi connectivity index (χ2n) is 8.78. The van der Waals surface area contributed by atoms with E-state index in [2.05, 4.69) is 15.9 Å². The summed E-state index contributed by atoms with van der Waals surface area (Å²) in [6.45, 7) is 7.68. The topological polar surface area (TPSA) is 83.2 Å². The van der Waals surface area contributed by atoms with Crippen LogP contribution in [-0.4, -0.2) is 71.8 Å². The van der Waals surface area contributed by atoms with Crippen molar-refractivity contribution in [2.75, 3.05) is 32.8 Å². The number of carbonyl (C=O) groups is 2. The zero-order valence-corrected chi connectivity index (χ0v) is 18.3. The smallest absolute Gasteiger partial charge is 0.475 e. The molecule has 4 rings (SSSR count). The van der Waals surface area contributed by atoms with Crippen LogP contribution in [0.3, 0.4) is 0 Å². The fourth-order valence-electron chi connectivity index (χ4n) is 4.75. The number of amides is 1. The number of carboxylic acids is 1. The Labute approximate surface area is 185 Å². The lowest BCUT2D eigenvalue weighted by molar-refractivity contribution is -0.192. The lowest BCUT2D eigenvalue weighted by Gasteiger charge is -2.35. The molecule has 0 saturated carbocycles. The first-order chi connectivity index (χ1) is 15.1. The molecule has 1 aromatic heterocycles. The summed E-state index contributed by atoms with van der Waals surface area (Å²) in [6.07, 6.45) is 0.336. The Kier molecular flexibility index (Phi) is 8.21. The number of likely N-dealkylation sites (tertiary alicyclic amines) is 2. The summed E-state index contributed by atoms with van der Waals surface area (Å²) in [5, 5.41) is 7.12. The molecule has 3 atom stereocenters. The summed E-state index contributed by atoms with van der Waals surface area (Å²) >= 11 is 0. The minimum atomic E-state index is -5.08. The highest BCUT2D eigenvalue weighted by atomic mass is 19.4. The van der Waals surface area contributed by atoms with Crippen LogP contribution in [0.2, 0.25) is 0 Å². The van der Waals surface area contributed by atoms with E-state index in [9.17, 15) is 18.0 Å². The Morgan fingerprint density at radius 3 is 2.44 bits per heavy atom. The van der Waals surface area contributed by atoms with E-state index in [1.165, 1.54) is 6.42 Å². The molecule has 3 saturated heterocycles. The molecular formula is C22H31F3N2O5. The summed E-state index contributed by atoms with van der Waals surface area (Å²) in [6, 6.07) is 4.11. The van der Waals surface area contributed by atoms with Crippen LogP contribution in [0.25, 0.3) is 0 Å². The average molecular weight is 460 g/mol. The molecule has 0 bridgehead atoms. The van der Waals surface area contributed by atoms with Gasteiger partial charge in [0.25, 0.3) is 0 Å². The molecule has 180 valence electrons. The number of hydrogen-bond donors (Lipinski definition) is 1. The highest BCUT2D eigenvalue weighted by molar-refractivity contribution is 5.76. The minimum Gasteiger partial charge on any atom is -0.475 e. The first-order valence-corrected chi connectivity index (χ1v) is 11.1. The van der Waals surface area contributed by atoms with Crippen LogP contribution in [0.15, 0.2) is 16.5 Å². The third kappa shape index (κ3) is 6.71. The van der Waals surface area contributed by atoms with Crippen molar-refractivity contribution in [3.8, 4) is 0 Å². The summed E-state index contributed by atoms with van der Waals surface area (Å²) in [4.78, 5) is 26.0. The van der Waals surface area contributed by atoms with Crippen molar-refractivity contribution in [3.63, 3.8) is 0 Å². The van der Waals surface area contributed by atoms with Gasteiger partial charge in [-0.3, -0.25) is 9.69 Å². The number of carbonyl (C=O) groups excluding carboxylic acids is 1. The van der Waals surface area contributed by atoms with Crippen LogP contribution < -0.4 is 0 Å². The SMILES string of the molecule is Cc1ccc(CN2CC[C@@H]3[C@@H](CO[C@H]3CC(=O)N3CCCCC3)C2)o1.O=C(O)C(F)(F)F. The molecule has 3 fully saturated rings. The van der Waals surface area contributed by atoms with Gasteiger partial charge in [0.15, 0.2) is 0 Å². The lowest BCUT2D eigenvalue weighted by Crippen LogP contribution is -2.42. The number of fused-ring (bicyclic) bond motifs is 1. The summed E-state index contributed by atoms with van der Waals surface area (Å²) < 4.78 is 43.5. The van der Waals surface area contributed by atoms with Crippen LogP contribution in [0.4, 0.5) is 13.2 Å². The van der Waals surface area contributed by atoms with E-state index in [0.717, 1.165) is 70.1 Å². The van der Waals surface area contributed by atoms with Crippen molar-refractivity contribution in [2.45, 2.75) is 57.9 Å². The number of carboxylic acid groups (broad SMARTS) is 1. The Morgan fingerprint density at radius 2 is 1.84 bits per heavy atom. The van der Waals surface area contributed by atoms with E-state index in [1.54, 1.807) is 0 Å². The molecule has 1 aromatic rings. The van der Waals surface area contributed by atoms with Crippen LogP contribution in [0, 0.1) is 18.8 Å². The fourth-order valence-corrected chi connectivity index (χ4v) is 4.75. The molecule has 3 aliphatic heterocycles. The maximum atomic E-state index is 12.6. The second kappa shape index (κ2) is 10.7. The molecule has 1 N–H and O–H groups in total. The van der Waals surface area contributed by atoms with Gasteiger partial charge < -0.3 is 19.2 Å². The van der Waals surface area contributed by atoms with E-state index in [-0.39, 0.29) is 6.10 Å². The van der Waals surface area contributed by atoms with Gasteiger partial charge in [0.05, 0.1) is 25.7 Å². The van der Waals surface area contributed by atoms with Crippen molar-refractivity contribution in [2.24, 2.45) is 11.8 Å². The molecule has 0 aliphatic carbocycles. The normalized spacial score (nSPS) is 26.2. The largest absolute Gasteiger partial charge is 0.490 e. The van der Waals surface area contributed by atoms with E-state index in [0.29, 0.717) is 24.2 Å². The molecule has 3 aliphatic rings. The van der Waals surface area contributed by atoms with Crippen molar-refractivity contribution in [3.05, 3.63) is 23.7 Å². The number of aryl methyl sites for hydroxylation is 1. The molecule has 0 radical (unpaired) electrons. The van der Waals surface area contributed by atoms with Crippen LogP contribution in [-0.2, 0) is 20.9 Å². The van der Waals surface area contributed by atoms with Gasteiger partial charge in [-0.15, -0.1) is 0 Å². The van der Waals surface area contributed by atoms with Crippen LogP contribution >= 0.6 is 0 Å². The first-order valence-electron chi connectivity index (χ1n) is 11.1. The highest BCUT2D eigenvalue weighted by Gasteiger charge is 2.42. The minimum absolute atomic E-state index is 0.132. The average Bonchev–Trinajstić information content (AvgIpc) is 3.34. The highest BCUT2D eigenvalue weighted by Crippen LogP contribution is 2.36. The zero-order chi connectivity index (χ0) is 23.3. The van der Waals surface area contributed by atoms with Crippen molar-refractivity contribution < 1.29 is 37.0 Å². The van der Waals surface area contributed by atoms with Gasteiger partial charge in [-0.1, -0.05) is 0 Å². The van der Waals surface area contributed by atoms with Gasteiger partial charge >= 0.3 is 12.1 Å². The monoisotopic (exact) mass is 460 g/mol. The lowest BCUT2D eigenvalue weighted by atomic mass is 9.83. The van der Waals surface area contributed by atoms with Gasteiger partial charge in [0.1, 0.15) is 11.5 Å². The number of piperidine rings is 2. The summed E-state index contributed by atoms with van der Waals surface area (Å²) in [5.74, 6) is 0.677. The van der Waals surface area contributed by atoms with Crippen LogP contribution in [0.5, 0.6) is 0 Å². The molecule has 0 aromatic carbocycles. The predicted molar refractivity (Wildman–Crippen MR) is 109 cm³/mol. The van der Waals surface area contributed by atoms with Gasteiger partial charge in [0.2, 0.25) is 5.91 Å². The first kappa shape index (κ1) is 24.6. The maximum absolute atomic E-state index is 12.6. The molecule has 0 spiro atoms. The van der Waals surface area contributed by atoms with E-state index in [1.807, 2.05) is 13.0 Å². The molecule has 1 amide bonds. The van der Waals surface area contributed by atoms with Gasteiger partial charge in [-0.05, 0) is 57.2 Å². The Morgan fingerprint density at radius 1 is 1.16 bits per heavy atom. The van der Waals surface area contributed by atoms with Crippen molar-refractivity contribution >= 4 is 11.9 Å². The van der Waals surface area contributed by atoms with Crippen molar-refractivity contribution in [1.82, 2.24) is 9.80 Å². The number of ether oxygens (including phenoxy) is 1. The molecular weight excluding hydrogens is 429 g/mol. The number of aliphatic carboxylic acids is 1. The molecule has 7 nitrogen and oxygen atoms in total. The number of hydrogen-bond acceptors (Lipinski definition) is 5. The third-order valence-electron chi connectivity index (χ3n) is 6.38. The molecule has 4 heterocycles. The Hall–Kier alpha value is -2.07. The zero-order valence-electron chi connectivity index (χ0n) is 18.3. The van der Waals surface area contributed by atoms with Crippen LogP contribution in [0.1, 0.15) is 43.6 Å². The number of rotatable bonds is 4. The number of halogens is 3. The summed E-state index contributed by atoms with van der Waals surface area (Å²) in [7, 11) is 0. The maximum Gasteiger partial charge on any atom is 0.490 e. The Balaban J connectivity index is 0.000000360. The quantitative estimate of drug-likeness (QED) is 0.741. The summed E-state index contributed by atoms with van der Waals surface area (Å²) in [5.41, 5.74) is 0. The van der Waals surface area contributed by atoms with E-state index >= 15 is 0 Å². The van der Waals surface area contributed by atoms with Gasteiger partial charge in [-0.2, -0.15) is 13.2 Å². The Bertz CT molecular complexity index is 776. The van der Waals surface area contributed by atoms with E-state index in [4.69, 9.17) is 19.1 Å². The van der Waals surface area contributed by atoms with E-state index < -0.39 is 12.1 Å². The molecule has 10 heteroatoms. The molecule has 0 unspecified atom stereocenters. The number of nitrogens with zero attached hydrogens (tertiary/aromatic N) is 2. The second-order valence-corrected chi connectivity index (χ2v) is 8.78. The van der Waals surface area contributed by atoms with Gasteiger partial charge in [0, 0.05) is 25.6 Å². The standard InChI is InChI=1S/C20H30N2O3.C2HF3O2/c1-15-5-6-17(25-15)13-21-10-7-18-16(12-21)14-24-19(18)11-20(23)22-8-3-2-4-9-22;3-2(4,5)1(6)7/h5-6,16,18-19H,2-4,7-14H2,1H3;(H,6,7)/t16-,18-,19+;/m1./s1. The van der Waals surface area contributed by atoms with Gasteiger partial charge in [-0.25, -0.2) is 4.79 Å².